The van der Waals surface area contributed by atoms with E-state index in [1.54, 1.807) is 18.2 Å². The van der Waals surface area contributed by atoms with E-state index >= 15 is 0 Å². The van der Waals surface area contributed by atoms with Gasteiger partial charge in [-0.1, -0.05) is 13.3 Å². The largest absolute Gasteiger partial charge is 0.399 e. The second-order valence-corrected chi connectivity index (χ2v) is 5.99. The van der Waals surface area contributed by atoms with Gasteiger partial charge in [-0.25, -0.2) is 4.79 Å². The number of hydrogen-bond donors (Lipinski definition) is 2. The Balaban J connectivity index is 2.07. The van der Waals surface area contributed by atoms with Crippen LogP contribution in [0.25, 0.3) is 10.9 Å². The lowest BCUT2D eigenvalue weighted by Gasteiger charge is -2.28. The summed E-state index contributed by atoms with van der Waals surface area (Å²) in [7, 11) is 0. The van der Waals surface area contributed by atoms with E-state index in [0.29, 0.717) is 16.6 Å². The summed E-state index contributed by atoms with van der Waals surface area (Å²) in [5.41, 5.74) is 6.31. The Morgan fingerprint density at radius 2 is 1.95 bits per heavy atom. The number of fused-ring (bicyclic) bond motifs is 1. The Bertz CT molecular complexity index is 767. The number of nitrogens with two attached hydrogens (primary N) is 1. The Hall–Kier alpha value is -2.04. The number of rotatable bonds is 2. The first-order valence-corrected chi connectivity index (χ1v) is 7.64. The molecule has 5 nitrogen and oxygen atoms in total. The number of nitrogen functional groups attached to an aromatic ring is 1. The maximum Gasteiger partial charge on any atom is 0.329 e. The second-order valence-electron chi connectivity index (χ2n) is 5.99. The van der Waals surface area contributed by atoms with Gasteiger partial charge in [-0.05, 0) is 49.8 Å². The first kappa shape index (κ1) is 13.9. The van der Waals surface area contributed by atoms with E-state index in [0.717, 1.165) is 31.6 Å². The predicted octanol–water partition coefficient (Wildman–Crippen LogP) is 2.41. The van der Waals surface area contributed by atoms with Crippen LogP contribution < -0.4 is 17.0 Å². The van der Waals surface area contributed by atoms with Gasteiger partial charge in [0.15, 0.2) is 0 Å². The Labute approximate surface area is 122 Å². The molecule has 1 aliphatic rings. The summed E-state index contributed by atoms with van der Waals surface area (Å²) >= 11 is 0. The molecule has 2 aromatic rings. The average molecular weight is 287 g/mol. The first-order valence-electron chi connectivity index (χ1n) is 7.64. The third-order valence-electron chi connectivity index (χ3n) is 4.71. The number of aromatic nitrogens is 2. The number of aromatic amines is 1. The molecule has 112 valence electrons. The van der Waals surface area contributed by atoms with Crippen molar-refractivity contribution >= 4 is 16.6 Å². The van der Waals surface area contributed by atoms with E-state index in [-0.39, 0.29) is 17.3 Å². The summed E-state index contributed by atoms with van der Waals surface area (Å²) in [5.74, 6) is 0.729. The molecule has 1 saturated carbocycles. The zero-order valence-electron chi connectivity index (χ0n) is 12.3. The van der Waals surface area contributed by atoms with Crippen LogP contribution in [-0.2, 0) is 0 Å². The predicted molar refractivity (Wildman–Crippen MR) is 84.5 cm³/mol. The Morgan fingerprint density at radius 3 is 2.62 bits per heavy atom. The fraction of sp³-hybridized carbons (Fsp3) is 0.500. The number of H-pyrrole nitrogens is 1. The zero-order valence-corrected chi connectivity index (χ0v) is 12.3. The van der Waals surface area contributed by atoms with Gasteiger partial charge in [-0.15, -0.1) is 0 Å². The topological polar surface area (TPSA) is 80.9 Å². The minimum Gasteiger partial charge on any atom is -0.399 e. The van der Waals surface area contributed by atoms with E-state index in [1.165, 1.54) is 11.0 Å². The lowest BCUT2D eigenvalue weighted by molar-refractivity contribution is 0.261. The Morgan fingerprint density at radius 1 is 1.24 bits per heavy atom. The molecule has 5 heteroatoms. The molecular weight excluding hydrogens is 266 g/mol. The summed E-state index contributed by atoms with van der Waals surface area (Å²) in [6.45, 7) is 2.20. The third-order valence-corrected chi connectivity index (χ3v) is 4.71. The molecule has 3 rings (SSSR count). The van der Waals surface area contributed by atoms with Crippen LogP contribution in [0.1, 0.15) is 45.1 Å². The van der Waals surface area contributed by atoms with Gasteiger partial charge in [0.25, 0.3) is 5.56 Å². The lowest BCUT2D eigenvalue weighted by Crippen LogP contribution is -2.39. The van der Waals surface area contributed by atoms with Gasteiger partial charge in [0, 0.05) is 11.7 Å². The fourth-order valence-electron chi connectivity index (χ4n) is 3.39. The fourth-order valence-corrected chi connectivity index (χ4v) is 3.39. The molecule has 0 aliphatic heterocycles. The standard InChI is InChI=1S/C16H21N3O2/c1-2-10-3-6-12(7-4-10)19-15(20)13-9-11(17)5-8-14(13)18-16(19)21/h5,8-10,12H,2-4,6-7,17H2,1H3,(H,18,21). The van der Waals surface area contributed by atoms with Gasteiger partial charge in [-0.3, -0.25) is 9.36 Å². The molecule has 0 bridgehead atoms. The van der Waals surface area contributed by atoms with Crippen LogP contribution in [0.4, 0.5) is 5.69 Å². The van der Waals surface area contributed by atoms with Crippen LogP contribution in [-0.4, -0.2) is 9.55 Å². The van der Waals surface area contributed by atoms with Crippen LogP contribution in [0.15, 0.2) is 27.8 Å². The van der Waals surface area contributed by atoms with Crippen molar-refractivity contribution in [1.29, 1.82) is 0 Å². The highest BCUT2D eigenvalue weighted by Gasteiger charge is 2.24. The summed E-state index contributed by atoms with van der Waals surface area (Å²) in [4.78, 5) is 27.7. The van der Waals surface area contributed by atoms with Crippen LogP contribution in [0.2, 0.25) is 0 Å². The van der Waals surface area contributed by atoms with Crippen molar-refractivity contribution in [2.45, 2.75) is 45.1 Å². The van der Waals surface area contributed by atoms with Gasteiger partial charge in [0.1, 0.15) is 0 Å². The van der Waals surface area contributed by atoms with Gasteiger partial charge in [-0.2, -0.15) is 0 Å². The van der Waals surface area contributed by atoms with E-state index in [1.807, 2.05) is 0 Å². The van der Waals surface area contributed by atoms with Gasteiger partial charge in [0.2, 0.25) is 0 Å². The minimum atomic E-state index is -0.308. The van der Waals surface area contributed by atoms with Crippen LogP contribution in [0.5, 0.6) is 0 Å². The Kier molecular flexibility index (Phi) is 3.57. The van der Waals surface area contributed by atoms with Crippen LogP contribution >= 0.6 is 0 Å². The van der Waals surface area contributed by atoms with E-state index in [2.05, 4.69) is 11.9 Å². The molecule has 0 atom stereocenters. The number of benzene rings is 1. The molecule has 1 aromatic carbocycles. The van der Waals surface area contributed by atoms with Gasteiger partial charge in [0.05, 0.1) is 10.9 Å². The molecule has 1 aromatic heterocycles. The summed E-state index contributed by atoms with van der Waals surface area (Å²) in [6, 6.07) is 5.03. The van der Waals surface area contributed by atoms with Crippen molar-refractivity contribution in [3.05, 3.63) is 39.0 Å². The quantitative estimate of drug-likeness (QED) is 0.832. The van der Waals surface area contributed by atoms with Crippen molar-refractivity contribution in [3.63, 3.8) is 0 Å². The number of nitrogens with zero attached hydrogens (tertiary/aromatic N) is 1. The number of nitrogens with one attached hydrogen (secondary N) is 1. The van der Waals surface area contributed by atoms with Crippen molar-refractivity contribution < 1.29 is 0 Å². The average Bonchev–Trinajstić information content (AvgIpc) is 2.49. The summed E-state index contributed by atoms with van der Waals surface area (Å²) < 4.78 is 1.40. The van der Waals surface area contributed by atoms with Crippen molar-refractivity contribution in [3.8, 4) is 0 Å². The van der Waals surface area contributed by atoms with Crippen LogP contribution in [0.3, 0.4) is 0 Å². The number of anilines is 1. The lowest BCUT2D eigenvalue weighted by atomic mass is 9.84. The summed E-state index contributed by atoms with van der Waals surface area (Å²) in [6.07, 6.45) is 5.14. The molecule has 1 heterocycles. The van der Waals surface area contributed by atoms with Crippen molar-refractivity contribution in [2.75, 3.05) is 5.73 Å². The van der Waals surface area contributed by atoms with E-state index in [4.69, 9.17) is 5.73 Å². The smallest absolute Gasteiger partial charge is 0.329 e. The van der Waals surface area contributed by atoms with Gasteiger partial charge < -0.3 is 10.7 Å². The highest BCUT2D eigenvalue weighted by molar-refractivity contribution is 5.80. The highest BCUT2D eigenvalue weighted by atomic mass is 16.2. The summed E-state index contributed by atoms with van der Waals surface area (Å²) in [5, 5.41) is 0.493. The molecule has 0 spiro atoms. The third kappa shape index (κ3) is 2.48. The number of hydrogen-bond acceptors (Lipinski definition) is 3. The molecule has 3 N–H and O–H groups in total. The van der Waals surface area contributed by atoms with Gasteiger partial charge >= 0.3 is 5.69 Å². The first-order chi connectivity index (χ1) is 10.1. The normalized spacial score (nSPS) is 22.5. The molecule has 21 heavy (non-hydrogen) atoms. The van der Waals surface area contributed by atoms with Crippen molar-refractivity contribution in [1.82, 2.24) is 9.55 Å². The van der Waals surface area contributed by atoms with Crippen LogP contribution in [0, 0.1) is 5.92 Å². The highest BCUT2D eigenvalue weighted by Crippen LogP contribution is 2.32. The monoisotopic (exact) mass is 287 g/mol. The molecule has 0 unspecified atom stereocenters. The molecule has 1 fully saturated rings. The molecule has 0 radical (unpaired) electrons. The molecule has 0 saturated heterocycles. The maximum absolute atomic E-state index is 12.6. The second kappa shape index (κ2) is 5.39. The van der Waals surface area contributed by atoms with Crippen molar-refractivity contribution in [2.24, 2.45) is 5.92 Å². The maximum atomic E-state index is 12.6. The molecule has 0 amide bonds. The SMILES string of the molecule is CCC1CCC(n2c(=O)[nH]c3ccc(N)cc3c2=O)CC1. The molecular formula is C16H21N3O2. The molecule has 1 aliphatic carbocycles. The zero-order chi connectivity index (χ0) is 15.0. The van der Waals surface area contributed by atoms with E-state index in [9.17, 15) is 9.59 Å². The van der Waals surface area contributed by atoms with E-state index < -0.39 is 0 Å². The minimum absolute atomic E-state index is 0.00915.